The topological polar surface area (TPSA) is 79.5 Å². The first-order valence-corrected chi connectivity index (χ1v) is 7.58. The van der Waals surface area contributed by atoms with Gasteiger partial charge in [0.15, 0.2) is 5.96 Å². The molecule has 23 heavy (non-hydrogen) atoms. The molecule has 2 rings (SSSR count). The minimum atomic E-state index is -0.0410. The third-order valence-corrected chi connectivity index (χ3v) is 3.28. The summed E-state index contributed by atoms with van der Waals surface area (Å²) in [4.78, 5) is 15.9. The maximum atomic E-state index is 11.8. The van der Waals surface area contributed by atoms with E-state index in [-0.39, 0.29) is 5.91 Å². The molecule has 0 aliphatic carbocycles. The average Bonchev–Trinajstić information content (AvgIpc) is 2.56. The molecule has 0 aliphatic heterocycles. The Kier molecular flexibility index (Phi) is 6.17. The highest BCUT2D eigenvalue weighted by Gasteiger charge is 2.01. The van der Waals surface area contributed by atoms with E-state index in [0.717, 1.165) is 11.3 Å². The van der Waals surface area contributed by atoms with Crippen LogP contribution >= 0.6 is 0 Å². The summed E-state index contributed by atoms with van der Waals surface area (Å²) in [6.45, 7) is 2.90. The number of aliphatic imine (C=N–C) groups is 1. The zero-order valence-electron chi connectivity index (χ0n) is 13.3. The molecule has 0 heterocycles. The Morgan fingerprint density at radius 2 is 1.78 bits per heavy atom. The lowest BCUT2D eigenvalue weighted by atomic mass is 10.2. The Bertz CT molecular complexity index is 650. The molecule has 0 spiro atoms. The first kappa shape index (κ1) is 16.5. The van der Waals surface area contributed by atoms with E-state index < -0.39 is 0 Å². The number of anilines is 1. The Hall–Kier alpha value is -2.82. The molecule has 0 bridgehead atoms. The van der Waals surface area contributed by atoms with Crippen molar-refractivity contribution < 1.29 is 4.79 Å². The molecular weight excluding hydrogens is 288 g/mol. The van der Waals surface area contributed by atoms with Crippen LogP contribution in [0.25, 0.3) is 0 Å². The highest BCUT2D eigenvalue weighted by molar-refractivity contribution is 5.92. The molecule has 2 aromatic carbocycles. The van der Waals surface area contributed by atoms with Gasteiger partial charge in [-0.25, -0.2) is 0 Å². The number of nitrogens with zero attached hydrogens (tertiary/aromatic N) is 1. The van der Waals surface area contributed by atoms with Crippen LogP contribution in [0, 0.1) is 6.92 Å². The van der Waals surface area contributed by atoms with Gasteiger partial charge in [-0.05, 0) is 24.6 Å². The quantitative estimate of drug-likeness (QED) is 0.566. The molecule has 0 atom stereocenters. The Morgan fingerprint density at radius 3 is 2.48 bits per heavy atom. The highest BCUT2D eigenvalue weighted by atomic mass is 16.1. The molecule has 0 aliphatic rings. The lowest BCUT2D eigenvalue weighted by Gasteiger charge is -2.06. The number of rotatable bonds is 6. The molecule has 0 saturated carbocycles. The summed E-state index contributed by atoms with van der Waals surface area (Å²) in [5.74, 6) is 0.269. The largest absolute Gasteiger partial charge is 0.370 e. The Labute approximate surface area is 136 Å². The first-order chi connectivity index (χ1) is 11.1. The van der Waals surface area contributed by atoms with Crippen molar-refractivity contribution in [1.29, 1.82) is 0 Å². The number of hydrogen-bond acceptors (Lipinski definition) is 2. The number of carbonyl (C=O) groups is 1. The fraction of sp³-hybridized carbons (Fsp3) is 0.222. The molecule has 5 heteroatoms. The van der Waals surface area contributed by atoms with Crippen LogP contribution in [0.2, 0.25) is 0 Å². The molecule has 2 aromatic rings. The SMILES string of the molecule is Cc1ccc(NC(N)=NCCC(=O)NCc2ccccc2)cc1. The van der Waals surface area contributed by atoms with Crippen LogP contribution in [0.3, 0.4) is 0 Å². The summed E-state index contributed by atoms with van der Waals surface area (Å²) in [5, 5.41) is 5.86. The summed E-state index contributed by atoms with van der Waals surface area (Å²) in [6, 6.07) is 17.6. The lowest BCUT2D eigenvalue weighted by molar-refractivity contribution is -0.121. The molecule has 0 unspecified atom stereocenters. The second-order valence-corrected chi connectivity index (χ2v) is 5.27. The smallest absolute Gasteiger partial charge is 0.222 e. The summed E-state index contributed by atoms with van der Waals surface area (Å²) in [7, 11) is 0. The number of aryl methyl sites for hydroxylation is 1. The molecule has 0 radical (unpaired) electrons. The van der Waals surface area contributed by atoms with E-state index in [0.29, 0.717) is 25.5 Å². The van der Waals surface area contributed by atoms with Crippen LogP contribution in [-0.2, 0) is 11.3 Å². The van der Waals surface area contributed by atoms with E-state index in [9.17, 15) is 4.79 Å². The van der Waals surface area contributed by atoms with Crippen LogP contribution in [0.15, 0.2) is 59.6 Å². The number of nitrogens with two attached hydrogens (primary N) is 1. The van der Waals surface area contributed by atoms with Crippen LogP contribution in [0.1, 0.15) is 17.5 Å². The van der Waals surface area contributed by atoms with Crippen LogP contribution < -0.4 is 16.4 Å². The van der Waals surface area contributed by atoms with E-state index in [1.54, 1.807) is 0 Å². The van der Waals surface area contributed by atoms with Crippen LogP contribution in [0.4, 0.5) is 5.69 Å². The number of amides is 1. The van der Waals surface area contributed by atoms with Gasteiger partial charge in [-0.3, -0.25) is 9.79 Å². The average molecular weight is 310 g/mol. The summed E-state index contributed by atoms with van der Waals surface area (Å²) in [5.41, 5.74) is 8.94. The van der Waals surface area contributed by atoms with Crippen molar-refractivity contribution in [3.63, 3.8) is 0 Å². The van der Waals surface area contributed by atoms with Crippen molar-refractivity contribution >= 4 is 17.6 Å². The predicted octanol–water partition coefficient (Wildman–Crippen LogP) is 2.43. The molecular formula is C18H22N4O. The highest BCUT2D eigenvalue weighted by Crippen LogP contribution is 2.07. The molecule has 0 aromatic heterocycles. The zero-order chi connectivity index (χ0) is 16.5. The van der Waals surface area contributed by atoms with Gasteiger partial charge in [-0.15, -0.1) is 0 Å². The van der Waals surface area contributed by atoms with Gasteiger partial charge in [0.2, 0.25) is 5.91 Å². The summed E-state index contributed by atoms with van der Waals surface area (Å²) in [6.07, 6.45) is 0.309. The van der Waals surface area contributed by atoms with Crippen LogP contribution in [0.5, 0.6) is 0 Å². The van der Waals surface area contributed by atoms with Crippen molar-refractivity contribution in [2.75, 3.05) is 11.9 Å². The van der Waals surface area contributed by atoms with Gasteiger partial charge in [0.1, 0.15) is 0 Å². The van der Waals surface area contributed by atoms with Crippen molar-refractivity contribution in [3.05, 3.63) is 65.7 Å². The monoisotopic (exact) mass is 310 g/mol. The Morgan fingerprint density at radius 1 is 1.09 bits per heavy atom. The van der Waals surface area contributed by atoms with Gasteiger partial charge >= 0.3 is 0 Å². The zero-order valence-corrected chi connectivity index (χ0v) is 13.3. The van der Waals surface area contributed by atoms with E-state index in [2.05, 4.69) is 15.6 Å². The molecule has 120 valence electrons. The first-order valence-electron chi connectivity index (χ1n) is 7.58. The standard InChI is InChI=1S/C18H22N4O/c1-14-7-9-16(10-8-14)22-18(19)20-12-11-17(23)21-13-15-5-3-2-4-6-15/h2-10H,11-13H2,1H3,(H,21,23)(H3,19,20,22). The molecule has 5 nitrogen and oxygen atoms in total. The molecule has 0 saturated heterocycles. The van der Waals surface area contributed by atoms with Crippen molar-refractivity contribution in [3.8, 4) is 0 Å². The van der Waals surface area contributed by atoms with Gasteiger partial charge in [-0.1, -0.05) is 48.0 Å². The summed E-state index contributed by atoms with van der Waals surface area (Å²) < 4.78 is 0. The van der Waals surface area contributed by atoms with Gasteiger partial charge in [-0.2, -0.15) is 0 Å². The number of benzene rings is 2. The van der Waals surface area contributed by atoms with Gasteiger partial charge in [0.05, 0.1) is 6.54 Å². The van der Waals surface area contributed by atoms with Gasteiger partial charge in [0, 0.05) is 18.7 Å². The number of hydrogen-bond donors (Lipinski definition) is 3. The van der Waals surface area contributed by atoms with Crippen molar-refractivity contribution in [1.82, 2.24) is 5.32 Å². The van der Waals surface area contributed by atoms with Gasteiger partial charge in [0.25, 0.3) is 0 Å². The second-order valence-electron chi connectivity index (χ2n) is 5.27. The predicted molar refractivity (Wildman–Crippen MR) is 94.2 cm³/mol. The van der Waals surface area contributed by atoms with Crippen LogP contribution in [-0.4, -0.2) is 18.4 Å². The van der Waals surface area contributed by atoms with Crippen molar-refractivity contribution in [2.45, 2.75) is 19.9 Å². The molecule has 1 amide bonds. The Balaban J connectivity index is 1.70. The van der Waals surface area contributed by atoms with Crippen molar-refractivity contribution in [2.24, 2.45) is 10.7 Å². The van der Waals surface area contributed by atoms with E-state index >= 15 is 0 Å². The lowest BCUT2D eigenvalue weighted by Crippen LogP contribution is -2.25. The van der Waals surface area contributed by atoms with E-state index in [4.69, 9.17) is 5.73 Å². The fourth-order valence-corrected chi connectivity index (χ4v) is 1.99. The number of guanidine groups is 1. The minimum Gasteiger partial charge on any atom is -0.370 e. The molecule has 4 N–H and O–H groups in total. The third kappa shape index (κ3) is 6.22. The number of carbonyl (C=O) groups excluding carboxylic acids is 1. The number of nitrogens with one attached hydrogen (secondary N) is 2. The normalized spacial score (nSPS) is 11.1. The second kappa shape index (κ2) is 8.58. The maximum absolute atomic E-state index is 11.8. The minimum absolute atomic E-state index is 0.0410. The van der Waals surface area contributed by atoms with E-state index in [1.165, 1.54) is 5.56 Å². The fourth-order valence-electron chi connectivity index (χ4n) is 1.99. The van der Waals surface area contributed by atoms with Gasteiger partial charge < -0.3 is 16.4 Å². The van der Waals surface area contributed by atoms with E-state index in [1.807, 2.05) is 61.5 Å². The summed E-state index contributed by atoms with van der Waals surface area (Å²) >= 11 is 0. The maximum Gasteiger partial charge on any atom is 0.222 e. The molecule has 0 fully saturated rings. The third-order valence-electron chi connectivity index (χ3n) is 3.28.